The quantitative estimate of drug-likeness (QED) is 0.772. The Labute approximate surface area is 105 Å². The Morgan fingerprint density at radius 2 is 2.11 bits per heavy atom. The summed E-state index contributed by atoms with van der Waals surface area (Å²) in [5.41, 5.74) is 5.12. The molecule has 0 aliphatic carbocycles. The van der Waals surface area contributed by atoms with Gasteiger partial charge in [0.15, 0.2) is 0 Å². The molecule has 1 aliphatic rings. The number of halogens is 3. The van der Waals surface area contributed by atoms with E-state index in [1.165, 1.54) is 0 Å². The van der Waals surface area contributed by atoms with Crippen molar-refractivity contribution in [3.63, 3.8) is 0 Å². The summed E-state index contributed by atoms with van der Waals surface area (Å²) in [6.45, 7) is 2.29. The second-order valence-corrected chi connectivity index (χ2v) is 4.86. The molecule has 18 heavy (non-hydrogen) atoms. The molecule has 106 valence electrons. The van der Waals surface area contributed by atoms with Crippen LogP contribution in [-0.2, 0) is 4.79 Å². The molecule has 0 spiro atoms. The molecule has 3 N–H and O–H groups in total. The number of alkyl halides is 3. The average molecular weight is 267 g/mol. The monoisotopic (exact) mass is 267 g/mol. The summed E-state index contributed by atoms with van der Waals surface area (Å²) in [6.07, 6.45) is -2.60. The number of nitrogens with one attached hydrogen (secondary N) is 1. The van der Waals surface area contributed by atoms with Crippen LogP contribution >= 0.6 is 0 Å². The summed E-state index contributed by atoms with van der Waals surface area (Å²) in [4.78, 5) is 12.7. The minimum atomic E-state index is -4.20. The minimum Gasteiger partial charge on any atom is -0.369 e. The first-order valence-corrected chi connectivity index (χ1v) is 6.11. The van der Waals surface area contributed by atoms with Gasteiger partial charge in [0, 0.05) is 19.1 Å². The minimum absolute atomic E-state index is 0.112. The van der Waals surface area contributed by atoms with Crippen LogP contribution in [0.15, 0.2) is 0 Å². The number of amides is 1. The number of piperidine rings is 1. The van der Waals surface area contributed by atoms with Gasteiger partial charge in [0.2, 0.25) is 5.91 Å². The Morgan fingerprint density at radius 3 is 2.61 bits per heavy atom. The average Bonchev–Trinajstić information content (AvgIpc) is 2.24. The first kappa shape index (κ1) is 15.2. The third-order valence-electron chi connectivity index (χ3n) is 3.16. The van der Waals surface area contributed by atoms with E-state index in [1.54, 1.807) is 0 Å². The Bertz CT molecular complexity index is 283. The van der Waals surface area contributed by atoms with Crippen molar-refractivity contribution >= 4 is 5.91 Å². The standard InChI is InChI=1S/C11H20F3N3O/c1-2-8-3-9(16-7-11(12,13)14)5-17(4-8)6-10(15)18/h8-9,16H,2-7H2,1H3,(H2,15,18). The van der Waals surface area contributed by atoms with Crippen LogP contribution in [0.3, 0.4) is 0 Å². The molecule has 7 heteroatoms. The lowest BCUT2D eigenvalue weighted by atomic mass is 9.92. The lowest BCUT2D eigenvalue weighted by Gasteiger charge is -2.37. The molecule has 1 fully saturated rings. The smallest absolute Gasteiger partial charge is 0.369 e. The largest absolute Gasteiger partial charge is 0.401 e. The molecule has 4 nitrogen and oxygen atoms in total. The number of likely N-dealkylation sites (tertiary alicyclic amines) is 1. The molecule has 0 saturated carbocycles. The Kier molecular flexibility index (Phi) is 5.40. The topological polar surface area (TPSA) is 58.4 Å². The molecular weight excluding hydrogens is 247 g/mol. The van der Waals surface area contributed by atoms with E-state index >= 15 is 0 Å². The van der Waals surface area contributed by atoms with Gasteiger partial charge >= 0.3 is 6.18 Å². The molecule has 1 rings (SSSR count). The second-order valence-electron chi connectivity index (χ2n) is 4.86. The zero-order valence-electron chi connectivity index (χ0n) is 10.5. The van der Waals surface area contributed by atoms with Gasteiger partial charge in [-0.3, -0.25) is 9.69 Å². The summed E-state index contributed by atoms with van der Waals surface area (Å²) in [5, 5.41) is 2.51. The van der Waals surface area contributed by atoms with Crippen molar-refractivity contribution in [3.8, 4) is 0 Å². The van der Waals surface area contributed by atoms with Crippen molar-refractivity contribution in [2.75, 3.05) is 26.2 Å². The molecule has 2 atom stereocenters. The van der Waals surface area contributed by atoms with Crippen LogP contribution in [0.2, 0.25) is 0 Å². The van der Waals surface area contributed by atoms with Crippen LogP contribution in [0.5, 0.6) is 0 Å². The van der Waals surface area contributed by atoms with Crippen molar-refractivity contribution in [1.82, 2.24) is 10.2 Å². The fourth-order valence-corrected chi connectivity index (χ4v) is 2.36. The molecule has 1 saturated heterocycles. The van der Waals surface area contributed by atoms with E-state index < -0.39 is 18.6 Å². The van der Waals surface area contributed by atoms with Crippen LogP contribution in [0, 0.1) is 5.92 Å². The van der Waals surface area contributed by atoms with Crippen LogP contribution in [0.4, 0.5) is 13.2 Å². The first-order valence-electron chi connectivity index (χ1n) is 6.11. The van der Waals surface area contributed by atoms with Crippen molar-refractivity contribution in [3.05, 3.63) is 0 Å². The number of hydrogen-bond acceptors (Lipinski definition) is 3. The fourth-order valence-electron chi connectivity index (χ4n) is 2.36. The molecular formula is C11H20F3N3O. The summed E-state index contributed by atoms with van der Waals surface area (Å²) in [6, 6.07) is -0.232. The summed E-state index contributed by atoms with van der Waals surface area (Å²) in [5.74, 6) is -0.134. The van der Waals surface area contributed by atoms with Crippen LogP contribution in [0.25, 0.3) is 0 Å². The molecule has 0 aromatic carbocycles. The molecule has 0 bridgehead atoms. The molecule has 1 aliphatic heterocycles. The van der Waals surface area contributed by atoms with Crippen LogP contribution in [-0.4, -0.2) is 49.2 Å². The van der Waals surface area contributed by atoms with E-state index in [4.69, 9.17) is 5.73 Å². The van der Waals surface area contributed by atoms with E-state index in [0.717, 1.165) is 13.0 Å². The molecule has 0 aromatic heterocycles. The zero-order chi connectivity index (χ0) is 13.8. The van der Waals surface area contributed by atoms with E-state index in [0.29, 0.717) is 18.9 Å². The molecule has 1 heterocycles. The highest BCUT2D eigenvalue weighted by Crippen LogP contribution is 2.21. The maximum Gasteiger partial charge on any atom is 0.401 e. The molecule has 2 unspecified atom stereocenters. The Hall–Kier alpha value is -0.820. The summed E-state index contributed by atoms with van der Waals surface area (Å²) >= 11 is 0. The van der Waals surface area contributed by atoms with Gasteiger partial charge in [0.1, 0.15) is 0 Å². The van der Waals surface area contributed by atoms with Gasteiger partial charge in [-0.1, -0.05) is 13.3 Å². The van der Waals surface area contributed by atoms with Gasteiger partial charge in [-0.15, -0.1) is 0 Å². The highest BCUT2D eigenvalue weighted by Gasteiger charge is 2.31. The molecule has 0 aromatic rings. The van der Waals surface area contributed by atoms with E-state index in [-0.39, 0.29) is 12.6 Å². The Morgan fingerprint density at radius 1 is 1.44 bits per heavy atom. The first-order chi connectivity index (χ1) is 8.30. The van der Waals surface area contributed by atoms with E-state index in [1.807, 2.05) is 11.8 Å². The fraction of sp³-hybridized carbons (Fsp3) is 0.909. The zero-order valence-corrected chi connectivity index (χ0v) is 10.5. The third-order valence-corrected chi connectivity index (χ3v) is 3.16. The van der Waals surface area contributed by atoms with Crippen LogP contribution in [0.1, 0.15) is 19.8 Å². The number of carbonyl (C=O) groups is 1. The Balaban J connectivity index is 2.48. The number of nitrogens with zero attached hydrogens (tertiary/aromatic N) is 1. The summed E-state index contributed by atoms with van der Waals surface area (Å²) in [7, 11) is 0. The highest BCUT2D eigenvalue weighted by molar-refractivity contribution is 5.75. The van der Waals surface area contributed by atoms with Gasteiger partial charge in [0.25, 0.3) is 0 Å². The maximum atomic E-state index is 12.1. The number of hydrogen-bond donors (Lipinski definition) is 2. The van der Waals surface area contributed by atoms with Crippen molar-refractivity contribution in [2.24, 2.45) is 11.7 Å². The third kappa shape index (κ3) is 5.68. The normalized spacial score (nSPS) is 26.2. The van der Waals surface area contributed by atoms with Gasteiger partial charge < -0.3 is 11.1 Å². The van der Waals surface area contributed by atoms with Crippen molar-refractivity contribution in [1.29, 1.82) is 0 Å². The maximum absolute atomic E-state index is 12.1. The van der Waals surface area contributed by atoms with Gasteiger partial charge in [-0.25, -0.2) is 0 Å². The van der Waals surface area contributed by atoms with Crippen LogP contribution < -0.4 is 11.1 Å². The van der Waals surface area contributed by atoms with Gasteiger partial charge in [0.05, 0.1) is 13.1 Å². The number of nitrogens with two attached hydrogens (primary N) is 1. The number of primary amides is 1. The van der Waals surface area contributed by atoms with E-state index in [9.17, 15) is 18.0 Å². The van der Waals surface area contributed by atoms with Crippen molar-refractivity contribution < 1.29 is 18.0 Å². The lowest BCUT2D eigenvalue weighted by Crippen LogP contribution is -2.52. The van der Waals surface area contributed by atoms with Gasteiger partial charge in [-0.2, -0.15) is 13.2 Å². The number of carbonyl (C=O) groups excluding carboxylic acids is 1. The lowest BCUT2D eigenvalue weighted by molar-refractivity contribution is -0.128. The van der Waals surface area contributed by atoms with Crippen molar-refractivity contribution in [2.45, 2.75) is 32.0 Å². The summed E-state index contributed by atoms with van der Waals surface area (Å²) < 4.78 is 36.4. The molecule has 1 amide bonds. The SMILES string of the molecule is CCC1CC(NCC(F)(F)F)CN(CC(N)=O)C1. The van der Waals surface area contributed by atoms with Gasteiger partial charge in [-0.05, 0) is 12.3 Å². The second kappa shape index (κ2) is 6.38. The highest BCUT2D eigenvalue weighted by atomic mass is 19.4. The molecule has 0 radical (unpaired) electrons. The van der Waals surface area contributed by atoms with E-state index in [2.05, 4.69) is 5.32 Å². The predicted molar refractivity (Wildman–Crippen MR) is 61.9 cm³/mol. The predicted octanol–water partition coefficient (Wildman–Crippen LogP) is 0.724. The number of rotatable bonds is 5.